The molecule has 0 saturated heterocycles. The van der Waals surface area contributed by atoms with Crippen LogP contribution in [0.2, 0.25) is 0 Å². The van der Waals surface area contributed by atoms with E-state index in [1.807, 2.05) is 42.5 Å². The van der Waals surface area contributed by atoms with Crippen LogP contribution in [0.4, 0.5) is 5.69 Å². The summed E-state index contributed by atoms with van der Waals surface area (Å²) in [6, 6.07) is 14.8. The third-order valence-electron chi connectivity index (χ3n) is 2.50. The summed E-state index contributed by atoms with van der Waals surface area (Å²) in [6.45, 7) is 2.05. The molecule has 0 saturated carbocycles. The number of nitrogens with zero attached hydrogens (tertiary/aromatic N) is 1. The maximum absolute atomic E-state index is 10.7. The normalized spacial score (nSPS) is 9.94. The molecule has 17 heavy (non-hydrogen) atoms. The molecule has 2 aromatic rings. The highest BCUT2D eigenvalue weighted by molar-refractivity contribution is 5.54. The summed E-state index contributed by atoms with van der Waals surface area (Å²) < 4.78 is 5.65. The third-order valence-corrected chi connectivity index (χ3v) is 2.50. The number of hydrogen-bond acceptors (Lipinski definition) is 3. The van der Waals surface area contributed by atoms with Gasteiger partial charge in [-0.05, 0) is 41.4 Å². The Labute approximate surface area is 100 Å². The van der Waals surface area contributed by atoms with Crippen LogP contribution in [-0.2, 0) is 6.42 Å². The lowest BCUT2D eigenvalue weighted by atomic mass is 10.1. The minimum Gasteiger partial charge on any atom is -0.455 e. The van der Waals surface area contributed by atoms with E-state index >= 15 is 0 Å². The van der Waals surface area contributed by atoms with Gasteiger partial charge < -0.3 is 4.74 Å². The van der Waals surface area contributed by atoms with E-state index in [4.69, 9.17) is 4.74 Å². The summed E-state index contributed by atoms with van der Waals surface area (Å²) in [5.74, 6) is 1.20. The van der Waals surface area contributed by atoms with Crippen molar-refractivity contribution in [2.24, 2.45) is 5.18 Å². The number of rotatable bonds is 4. The predicted molar refractivity (Wildman–Crippen MR) is 67.8 cm³/mol. The minimum atomic E-state index is 0.325. The first kappa shape index (κ1) is 11.3. The summed E-state index contributed by atoms with van der Waals surface area (Å²) in [5.41, 5.74) is 1.44. The maximum atomic E-state index is 10.7. The van der Waals surface area contributed by atoms with E-state index in [-0.39, 0.29) is 0 Å². The minimum absolute atomic E-state index is 0.325. The Hall–Kier alpha value is -2.16. The van der Waals surface area contributed by atoms with Crippen LogP contribution < -0.4 is 4.74 Å². The molecule has 0 aliphatic heterocycles. The average molecular weight is 227 g/mol. The van der Waals surface area contributed by atoms with Crippen molar-refractivity contribution in [1.82, 2.24) is 0 Å². The number of para-hydroxylation sites is 1. The van der Waals surface area contributed by atoms with E-state index < -0.39 is 0 Å². The maximum Gasteiger partial charge on any atom is 0.156 e. The van der Waals surface area contributed by atoms with Gasteiger partial charge in [-0.3, -0.25) is 0 Å². The van der Waals surface area contributed by atoms with E-state index in [0.717, 1.165) is 12.0 Å². The van der Waals surface area contributed by atoms with Crippen LogP contribution >= 0.6 is 0 Å². The van der Waals surface area contributed by atoms with Gasteiger partial charge in [0.25, 0.3) is 0 Å². The molecule has 2 aromatic carbocycles. The molecule has 0 bridgehead atoms. The van der Waals surface area contributed by atoms with Crippen molar-refractivity contribution < 1.29 is 4.74 Å². The first-order valence-electron chi connectivity index (χ1n) is 5.52. The van der Waals surface area contributed by atoms with Crippen molar-refractivity contribution in [2.75, 3.05) is 0 Å². The van der Waals surface area contributed by atoms with Gasteiger partial charge in [-0.2, -0.15) is 0 Å². The molecular formula is C14H13NO2. The van der Waals surface area contributed by atoms with Crippen LogP contribution in [0.25, 0.3) is 0 Å². The van der Waals surface area contributed by atoms with Crippen molar-refractivity contribution in [3.63, 3.8) is 0 Å². The zero-order chi connectivity index (χ0) is 12.1. The van der Waals surface area contributed by atoms with Gasteiger partial charge in [-0.25, -0.2) is 0 Å². The zero-order valence-corrected chi connectivity index (χ0v) is 9.59. The van der Waals surface area contributed by atoms with Gasteiger partial charge in [0.15, 0.2) is 11.4 Å². The highest BCUT2D eigenvalue weighted by Crippen LogP contribution is 2.32. The lowest BCUT2D eigenvalue weighted by Gasteiger charge is -2.08. The Balaban J connectivity index is 2.33. The summed E-state index contributed by atoms with van der Waals surface area (Å²) in [6.07, 6.45) is 0.893. The first-order valence-corrected chi connectivity index (χ1v) is 5.52. The van der Waals surface area contributed by atoms with Gasteiger partial charge in [0.2, 0.25) is 0 Å². The molecular weight excluding hydrogens is 214 g/mol. The molecule has 2 rings (SSSR count). The zero-order valence-electron chi connectivity index (χ0n) is 9.59. The van der Waals surface area contributed by atoms with Gasteiger partial charge in [-0.1, -0.05) is 31.2 Å². The van der Waals surface area contributed by atoms with Gasteiger partial charge in [0.05, 0.1) is 0 Å². The molecule has 0 atom stereocenters. The summed E-state index contributed by atoms with van der Waals surface area (Å²) in [5, 5.41) is 2.97. The fourth-order valence-electron chi connectivity index (χ4n) is 1.55. The molecule has 0 spiro atoms. The van der Waals surface area contributed by atoms with Crippen molar-refractivity contribution >= 4 is 5.69 Å². The largest absolute Gasteiger partial charge is 0.455 e. The lowest BCUT2D eigenvalue weighted by Crippen LogP contribution is -1.87. The second-order valence-electron chi connectivity index (χ2n) is 3.66. The smallest absolute Gasteiger partial charge is 0.156 e. The van der Waals surface area contributed by atoms with E-state index in [9.17, 15) is 4.91 Å². The summed E-state index contributed by atoms with van der Waals surface area (Å²) in [4.78, 5) is 10.7. The predicted octanol–water partition coefficient (Wildman–Crippen LogP) is 4.44. The van der Waals surface area contributed by atoms with Crippen molar-refractivity contribution in [2.45, 2.75) is 13.3 Å². The molecule has 86 valence electrons. The number of nitroso groups, excluding NO2 is 1. The third kappa shape index (κ3) is 2.69. The number of benzene rings is 2. The van der Waals surface area contributed by atoms with Gasteiger partial charge >= 0.3 is 0 Å². The molecule has 3 heteroatoms. The van der Waals surface area contributed by atoms with Crippen molar-refractivity contribution in [3.05, 3.63) is 59.0 Å². The SMILES string of the molecule is CCc1ccc(N=O)c(Oc2ccccc2)c1. The number of hydrogen-bond donors (Lipinski definition) is 0. The highest BCUT2D eigenvalue weighted by atomic mass is 16.5. The van der Waals surface area contributed by atoms with Crippen LogP contribution in [-0.4, -0.2) is 0 Å². The average Bonchev–Trinajstić information content (AvgIpc) is 2.40. The van der Waals surface area contributed by atoms with Crippen LogP contribution in [0, 0.1) is 4.91 Å². The molecule has 0 aliphatic rings. The molecule has 0 aliphatic carbocycles. The van der Waals surface area contributed by atoms with E-state index in [1.54, 1.807) is 6.07 Å². The first-order chi connectivity index (χ1) is 8.33. The Morgan fingerprint density at radius 3 is 2.53 bits per heavy atom. The van der Waals surface area contributed by atoms with E-state index in [1.165, 1.54) is 0 Å². The quantitative estimate of drug-likeness (QED) is 0.724. The molecule has 0 fully saturated rings. The van der Waals surface area contributed by atoms with E-state index in [0.29, 0.717) is 17.2 Å². The molecule has 0 amide bonds. The second-order valence-corrected chi connectivity index (χ2v) is 3.66. The second kappa shape index (κ2) is 5.25. The standard InChI is InChI=1S/C14H13NO2/c1-2-11-8-9-13(15-16)14(10-11)17-12-6-4-3-5-7-12/h3-10H,2H2,1H3. The van der Waals surface area contributed by atoms with Crippen LogP contribution in [0.1, 0.15) is 12.5 Å². The number of aryl methyl sites for hydroxylation is 1. The van der Waals surface area contributed by atoms with Gasteiger partial charge in [0.1, 0.15) is 5.75 Å². The molecule has 0 N–H and O–H groups in total. The molecule has 0 aromatic heterocycles. The monoisotopic (exact) mass is 227 g/mol. The van der Waals surface area contributed by atoms with Crippen molar-refractivity contribution in [3.8, 4) is 11.5 Å². The summed E-state index contributed by atoms with van der Waals surface area (Å²) in [7, 11) is 0. The van der Waals surface area contributed by atoms with Crippen LogP contribution in [0.5, 0.6) is 11.5 Å². The Morgan fingerprint density at radius 1 is 1.12 bits per heavy atom. The fourth-order valence-corrected chi connectivity index (χ4v) is 1.55. The van der Waals surface area contributed by atoms with Gasteiger partial charge in [0, 0.05) is 0 Å². The van der Waals surface area contributed by atoms with Crippen LogP contribution in [0.3, 0.4) is 0 Å². The Kier molecular flexibility index (Phi) is 3.50. The molecule has 0 unspecified atom stereocenters. The highest BCUT2D eigenvalue weighted by Gasteiger charge is 2.06. The molecule has 0 heterocycles. The lowest BCUT2D eigenvalue weighted by molar-refractivity contribution is 0.483. The Morgan fingerprint density at radius 2 is 1.88 bits per heavy atom. The fraction of sp³-hybridized carbons (Fsp3) is 0.143. The Bertz CT molecular complexity index is 509. The van der Waals surface area contributed by atoms with Crippen LogP contribution in [0.15, 0.2) is 53.7 Å². The van der Waals surface area contributed by atoms with E-state index in [2.05, 4.69) is 12.1 Å². The van der Waals surface area contributed by atoms with Crippen molar-refractivity contribution in [1.29, 1.82) is 0 Å². The topological polar surface area (TPSA) is 38.7 Å². The molecule has 3 nitrogen and oxygen atoms in total. The number of ether oxygens (including phenoxy) is 1. The summed E-state index contributed by atoms with van der Waals surface area (Å²) >= 11 is 0. The van der Waals surface area contributed by atoms with Gasteiger partial charge in [-0.15, -0.1) is 4.91 Å². The molecule has 0 radical (unpaired) electrons.